The summed E-state index contributed by atoms with van der Waals surface area (Å²) in [6, 6.07) is 12.6. The molecule has 0 atom stereocenters. The van der Waals surface area contributed by atoms with Gasteiger partial charge in [-0.05, 0) is 31.2 Å². The van der Waals surface area contributed by atoms with Crippen molar-refractivity contribution in [1.82, 2.24) is 9.55 Å². The number of rotatable bonds is 6. The van der Waals surface area contributed by atoms with Gasteiger partial charge in [0.15, 0.2) is 5.88 Å². The number of aromatic nitrogens is 2. The Morgan fingerprint density at radius 3 is 2.63 bits per heavy atom. The fourth-order valence-corrected chi connectivity index (χ4v) is 3.40. The van der Waals surface area contributed by atoms with Crippen molar-refractivity contribution in [3.8, 4) is 23.2 Å². The van der Waals surface area contributed by atoms with Crippen LogP contribution in [0.3, 0.4) is 0 Å². The number of carboxylic acids is 1. The van der Waals surface area contributed by atoms with Crippen molar-refractivity contribution in [2.24, 2.45) is 0 Å². The first-order valence-electron chi connectivity index (χ1n) is 8.81. The number of hydrogen-bond donors (Lipinski definition) is 1. The molecular weight excluding hydrogens is 429 g/mol. The summed E-state index contributed by atoms with van der Waals surface area (Å²) in [6.07, 6.45) is 0. The molecule has 0 fully saturated rings. The highest BCUT2D eigenvalue weighted by Crippen LogP contribution is 2.30. The highest BCUT2D eigenvalue weighted by Gasteiger charge is 2.23. The molecule has 9 heteroatoms. The van der Waals surface area contributed by atoms with Crippen LogP contribution in [0.4, 0.5) is 0 Å². The minimum Gasteiger partial charge on any atom is -0.477 e. The fourth-order valence-electron chi connectivity index (χ4n) is 3.00. The average Bonchev–Trinajstić information content (AvgIpc) is 2.71. The van der Waals surface area contributed by atoms with Gasteiger partial charge < -0.3 is 14.4 Å². The van der Waals surface area contributed by atoms with Gasteiger partial charge in [-0.2, -0.15) is 5.26 Å². The first kappa shape index (κ1) is 21.4. The maximum absolute atomic E-state index is 12.6. The van der Waals surface area contributed by atoms with Crippen LogP contribution in [0.15, 0.2) is 47.3 Å². The molecule has 0 aliphatic rings. The summed E-state index contributed by atoms with van der Waals surface area (Å²) in [4.78, 5) is 28.6. The molecule has 0 aliphatic heterocycles. The molecule has 0 spiro atoms. The second-order valence-corrected chi connectivity index (χ2v) is 6.96. The second-order valence-electron chi connectivity index (χ2n) is 6.17. The molecule has 0 saturated carbocycles. The monoisotopic (exact) mass is 443 g/mol. The van der Waals surface area contributed by atoms with Crippen LogP contribution in [0.1, 0.15) is 28.5 Å². The van der Waals surface area contributed by atoms with E-state index in [2.05, 4.69) is 4.98 Å². The molecule has 0 saturated heterocycles. The minimum atomic E-state index is -1.37. The topological polar surface area (TPSA) is 105 Å². The van der Waals surface area contributed by atoms with Crippen LogP contribution in [0, 0.1) is 11.3 Å². The van der Waals surface area contributed by atoms with E-state index in [0.29, 0.717) is 23.0 Å². The van der Waals surface area contributed by atoms with E-state index in [0.717, 1.165) is 6.07 Å². The van der Waals surface area contributed by atoms with Gasteiger partial charge >= 0.3 is 5.97 Å². The lowest BCUT2D eigenvalue weighted by Crippen LogP contribution is -2.22. The molecule has 0 radical (unpaired) electrons. The van der Waals surface area contributed by atoms with Crippen LogP contribution < -0.4 is 10.2 Å². The van der Waals surface area contributed by atoms with Gasteiger partial charge in [-0.1, -0.05) is 35.3 Å². The van der Waals surface area contributed by atoms with E-state index in [9.17, 15) is 14.7 Å². The van der Waals surface area contributed by atoms with Crippen molar-refractivity contribution in [3.63, 3.8) is 0 Å². The SMILES string of the molecule is CCn1c(OCc2cccc(Cl)n2)cc(=O)c(C(=O)O)c1-c1ccc(C#N)c(Cl)c1. The van der Waals surface area contributed by atoms with Crippen LogP contribution in [0.2, 0.25) is 10.2 Å². The summed E-state index contributed by atoms with van der Waals surface area (Å²) in [5, 5.41) is 19.2. The summed E-state index contributed by atoms with van der Waals surface area (Å²) < 4.78 is 7.35. The predicted octanol–water partition coefficient (Wildman–Crippen LogP) is 4.39. The van der Waals surface area contributed by atoms with E-state index in [1.54, 1.807) is 35.8 Å². The fraction of sp³-hybridized carbons (Fsp3) is 0.143. The normalized spacial score (nSPS) is 10.5. The highest BCUT2D eigenvalue weighted by atomic mass is 35.5. The zero-order valence-electron chi connectivity index (χ0n) is 15.7. The van der Waals surface area contributed by atoms with Gasteiger partial charge in [0.2, 0.25) is 5.43 Å². The third-order valence-electron chi connectivity index (χ3n) is 4.31. The van der Waals surface area contributed by atoms with Gasteiger partial charge in [-0.15, -0.1) is 0 Å². The van der Waals surface area contributed by atoms with Crippen LogP contribution >= 0.6 is 23.2 Å². The maximum atomic E-state index is 12.6. The van der Waals surface area contributed by atoms with Gasteiger partial charge in [0.1, 0.15) is 23.4 Å². The molecule has 152 valence electrons. The van der Waals surface area contributed by atoms with Crippen LogP contribution in [0.5, 0.6) is 5.88 Å². The molecule has 3 rings (SSSR count). The van der Waals surface area contributed by atoms with Crippen molar-refractivity contribution in [2.45, 2.75) is 20.1 Å². The lowest BCUT2D eigenvalue weighted by Gasteiger charge is -2.20. The van der Waals surface area contributed by atoms with E-state index >= 15 is 0 Å². The number of aromatic carboxylic acids is 1. The lowest BCUT2D eigenvalue weighted by atomic mass is 10.0. The third-order valence-corrected chi connectivity index (χ3v) is 4.83. The Morgan fingerprint density at radius 2 is 2.03 bits per heavy atom. The largest absolute Gasteiger partial charge is 0.477 e. The molecule has 0 aliphatic carbocycles. The summed E-state index contributed by atoms with van der Waals surface area (Å²) >= 11 is 12.0. The first-order valence-corrected chi connectivity index (χ1v) is 9.56. The van der Waals surface area contributed by atoms with E-state index in [4.69, 9.17) is 33.2 Å². The van der Waals surface area contributed by atoms with Crippen molar-refractivity contribution >= 4 is 29.2 Å². The van der Waals surface area contributed by atoms with Crippen LogP contribution in [-0.4, -0.2) is 20.6 Å². The van der Waals surface area contributed by atoms with Gasteiger partial charge in [0.05, 0.1) is 22.0 Å². The number of halogens is 2. The number of benzene rings is 1. The summed E-state index contributed by atoms with van der Waals surface area (Å²) in [5.74, 6) is -1.20. The number of carbonyl (C=O) groups is 1. The second kappa shape index (κ2) is 8.99. The van der Waals surface area contributed by atoms with Gasteiger partial charge in [0, 0.05) is 18.2 Å². The minimum absolute atomic E-state index is 0.0278. The first-order chi connectivity index (χ1) is 14.3. The zero-order valence-corrected chi connectivity index (χ0v) is 17.2. The van der Waals surface area contributed by atoms with Crippen molar-refractivity contribution in [1.29, 1.82) is 5.26 Å². The Balaban J connectivity index is 2.16. The Bertz CT molecular complexity index is 1230. The van der Waals surface area contributed by atoms with Crippen molar-refractivity contribution in [2.75, 3.05) is 0 Å². The standard InChI is InChI=1S/C21H15Cl2N3O4/c1-2-26-18(30-11-14-4-3-5-17(23)25-14)9-16(27)19(21(28)29)20(26)12-6-7-13(10-24)15(22)8-12/h3-9H,2,11H2,1H3,(H,28,29). The molecule has 7 nitrogen and oxygen atoms in total. The quantitative estimate of drug-likeness (QED) is 0.566. The molecule has 2 heterocycles. The predicted molar refractivity (Wildman–Crippen MR) is 112 cm³/mol. The average molecular weight is 444 g/mol. The molecule has 1 N–H and O–H groups in total. The summed E-state index contributed by atoms with van der Waals surface area (Å²) in [7, 11) is 0. The Hall–Kier alpha value is -3.34. The Kier molecular flexibility index (Phi) is 6.40. The number of pyridine rings is 2. The molecule has 0 amide bonds. The van der Waals surface area contributed by atoms with E-state index in [1.165, 1.54) is 12.1 Å². The smallest absolute Gasteiger partial charge is 0.341 e. The molecular formula is C21H15Cl2N3O4. The van der Waals surface area contributed by atoms with E-state index in [1.807, 2.05) is 6.07 Å². The van der Waals surface area contributed by atoms with Gasteiger partial charge in [-0.25, -0.2) is 9.78 Å². The maximum Gasteiger partial charge on any atom is 0.341 e. The summed E-state index contributed by atoms with van der Waals surface area (Å²) in [5.41, 5.74) is 0.173. The Morgan fingerprint density at radius 1 is 1.27 bits per heavy atom. The molecule has 1 aromatic carbocycles. The Labute approximate surface area is 181 Å². The molecule has 0 unspecified atom stereocenters. The number of carboxylic acid groups (broad SMARTS) is 1. The van der Waals surface area contributed by atoms with Crippen LogP contribution in [-0.2, 0) is 13.2 Å². The third kappa shape index (κ3) is 4.30. The lowest BCUT2D eigenvalue weighted by molar-refractivity contribution is 0.0695. The number of hydrogen-bond acceptors (Lipinski definition) is 5. The number of ether oxygens (including phenoxy) is 1. The van der Waals surface area contributed by atoms with E-state index < -0.39 is 17.0 Å². The number of nitrogens with zero attached hydrogens (tertiary/aromatic N) is 3. The highest BCUT2D eigenvalue weighted by molar-refractivity contribution is 6.32. The number of nitriles is 1. The molecule has 3 aromatic rings. The molecule has 2 aromatic heterocycles. The van der Waals surface area contributed by atoms with Crippen LogP contribution in [0.25, 0.3) is 11.3 Å². The van der Waals surface area contributed by atoms with Gasteiger partial charge in [0.25, 0.3) is 0 Å². The summed E-state index contributed by atoms with van der Waals surface area (Å²) in [6.45, 7) is 2.13. The zero-order chi connectivity index (χ0) is 21.8. The van der Waals surface area contributed by atoms with Crippen molar-refractivity contribution in [3.05, 3.63) is 79.7 Å². The van der Waals surface area contributed by atoms with Crippen molar-refractivity contribution < 1.29 is 14.6 Å². The molecule has 30 heavy (non-hydrogen) atoms. The van der Waals surface area contributed by atoms with E-state index in [-0.39, 0.29) is 28.8 Å². The van der Waals surface area contributed by atoms with Gasteiger partial charge in [-0.3, -0.25) is 4.79 Å². The molecule has 0 bridgehead atoms.